The Bertz CT molecular complexity index is 1940. The standard InChI is InChI=1S/C57H87NO18/c1-31-10-13-40-34(4)43(65-49-55(40)37(31)16-19-52(7,68-49)71-74-55)28-46(59)62-25-22-58(23-26-63-47(60)29-44-35(5)41-14-11-32(2)38-17-20-53(8)69-50(66-44)56(38,41)75-72-53)24-27-64-48(61)30-45-36(6)42-15-12-33(3)39-18-21-54(9)70-51(67-45)57(39,42)76-73-54/h31-45,49-51H,10-30H2,1-9H3/t31-,32-,33-,34-,35-,36-,37+,38+,39+,40+,41+,42+,43?,44?,45?,49-,50-,51-,52?,53?,54?,55-,56-,57-/m1/s1. The van der Waals surface area contributed by atoms with Crippen molar-refractivity contribution in [2.24, 2.45) is 71.0 Å². The molecule has 12 heterocycles. The summed E-state index contributed by atoms with van der Waals surface area (Å²) in [4.78, 5) is 80.1. The molecule has 15 rings (SSSR count). The molecule has 15 fully saturated rings. The smallest absolute Gasteiger partial charge is 0.308 e. The van der Waals surface area contributed by atoms with Gasteiger partial charge in [-0.3, -0.25) is 19.3 Å². The molecular formula is C57H87NO18. The minimum Gasteiger partial charge on any atom is -0.464 e. The molecule has 15 aliphatic rings. The summed E-state index contributed by atoms with van der Waals surface area (Å²) in [5.74, 6) is -1.68. The fourth-order valence-corrected chi connectivity index (χ4v) is 17.5. The maximum absolute atomic E-state index is 13.7. The Hall–Kier alpha value is -2.11. The first-order valence-electron chi connectivity index (χ1n) is 29.6. The highest BCUT2D eigenvalue weighted by atomic mass is 17.3. The van der Waals surface area contributed by atoms with E-state index in [-0.39, 0.29) is 110 Å². The van der Waals surface area contributed by atoms with Crippen LogP contribution in [0.4, 0.5) is 0 Å². The first kappa shape index (κ1) is 54.5. The summed E-state index contributed by atoms with van der Waals surface area (Å²) < 4.78 is 57.4. The molecule has 12 aliphatic heterocycles. The summed E-state index contributed by atoms with van der Waals surface area (Å²) in [6, 6.07) is 0. The number of hydrogen-bond donors (Lipinski definition) is 0. The fraction of sp³-hybridized carbons (Fsp3) is 0.947. The maximum Gasteiger partial charge on any atom is 0.308 e. The highest BCUT2D eigenvalue weighted by molar-refractivity contribution is 5.71. The number of nitrogens with zero attached hydrogens (tertiary/aromatic N) is 1. The first-order chi connectivity index (χ1) is 36.3. The monoisotopic (exact) mass is 1070 g/mol. The molecule has 19 nitrogen and oxygen atoms in total. The lowest BCUT2D eigenvalue weighted by atomic mass is 9.57. The van der Waals surface area contributed by atoms with Gasteiger partial charge in [0.1, 0.15) is 19.8 Å². The van der Waals surface area contributed by atoms with E-state index < -0.39 is 71.3 Å². The Morgan fingerprint density at radius 2 is 0.697 bits per heavy atom. The quantitative estimate of drug-likeness (QED) is 0.0874. The molecular weight excluding hydrogens is 987 g/mol. The van der Waals surface area contributed by atoms with Crippen molar-refractivity contribution in [1.29, 1.82) is 0 Å². The van der Waals surface area contributed by atoms with Crippen molar-refractivity contribution in [2.45, 2.75) is 230 Å². The molecule has 12 saturated heterocycles. The van der Waals surface area contributed by atoms with Gasteiger partial charge in [-0.05, 0) is 132 Å². The molecule has 0 radical (unpaired) electrons. The fourth-order valence-electron chi connectivity index (χ4n) is 17.5. The molecule has 0 aromatic rings. The number of fused-ring (bicyclic) bond motifs is 6. The lowest BCUT2D eigenvalue weighted by Crippen LogP contribution is -2.70. The molecule has 3 saturated carbocycles. The van der Waals surface area contributed by atoms with Crippen LogP contribution in [0.5, 0.6) is 0 Å². The van der Waals surface area contributed by atoms with E-state index in [4.69, 9.17) is 72.0 Å². The topological polar surface area (TPSA) is 193 Å². The van der Waals surface area contributed by atoms with E-state index in [1.807, 2.05) is 25.7 Å². The van der Waals surface area contributed by atoms with Crippen molar-refractivity contribution in [3.8, 4) is 0 Å². The molecule has 3 aliphatic carbocycles. The Morgan fingerprint density at radius 3 is 0.987 bits per heavy atom. The second-order valence-electron chi connectivity index (χ2n) is 26.4. The van der Waals surface area contributed by atoms with Crippen LogP contribution in [-0.2, 0) is 86.3 Å². The molecule has 6 unspecified atom stereocenters. The highest BCUT2D eigenvalue weighted by Crippen LogP contribution is 2.64. The Kier molecular flexibility index (Phi) is 14.6. The summed E-state index contributed by atoms with van der Waals surface area (Å²) in [6.07, 6.45) is 7.80. The number of ether oxygens (including phenoxy) is 9. The van der Waals surface area contributed by atoms with Crippen molar-refractivity contribution in [3.05, 3.63) is 0 Å². The molecule has 0 aromatic heterocycles. The number of rotatable bonds is 15. The van der Waals surface area contributed by atoms with Gasteiger partial charge < -0.3 is 42.6 Å². The van der Waals surface area contributed by atoms with Crippen LogP contribution in [0.2, 0.25) is 0 Å². The molecule has 0 aromatic carbocycles. The van der Waals surface area contributed by atoms with Crippen LogP contribution >= 0.6 is 0 Å². The predicted octanol–water partition coefficient (Wildman–Crippen LogP) is 7.84. The van der Waals surface area contributed by atoms with E-state index in [1.54, 1.807) is 0 Å². The van der Waals surface area contributed by atoms with Crippen LogP contribution in [0.25, 0.3) is 0 Å². The maximum atomic E-state index is 13.7. The zero-order valence-electron chi connectivity index (χ0n) is 46.5. The minimum atomic E-state index is -0.914. The summed E-state index contributed by atoms with van der Waals surface area (Å²) in [5, 5.41) is 0. The lowest BCUT2D eigenvalue weighted by Gasteiger charge is -2.60. The molecule has 19 heteroatoms. The number of carbonyl (C=O) groups is 3. The first-order valence-corrected chi connectivity index (χ1v) is 29.6. The van der Waals surface area contributed by atoms with E-state index in [2.05, 4.69) is 41.5 Å². The van der Waals surface area contributed by atoms with Gasteiger partial charge in [0.2, 0.25) is 17.4 Å². The van der Waals surface area contributed by atoms with Crippen molar-refractivity contribution in [1.82, 2.24) is 4.90 Å². The Balaban J connectivity index is 0.671. The third kappa shape index (κ3) is 9.13. The van der Waals surface area contributed by atoms with Gasteiger partial charge in [-0.2, -0.15) is 0 Å². The highest BCUT2D eigenvalue weighted by Gasteiger charge is 2.72. The molecule has 6 bridgehead atoms. The zero-order chi connectivity index (χ0) is 53.2. The van der Waals surface area contributed by atoms with E-state index in [9.17, 15) is 14.4 Å². The van der Waals surface area contributed by atoms with E-state index in [0.29, 0.717) is 56.7 Å². The second-order valence-corrected chi connectivity index (χ2v) is 26.4. The second kappa shape index (κ2) is 20.4. The number of carbonyl (C=O) groups excluding carboxylic acids is 3. The van der Waals surface area contributed by atoms with Crippen LogP contribution in [0.3, 0.4) is 0 Å². The van der Waals surface area contributed by atoms with E-state index >= 15 is 0 Å². The number of esters is 3. The van der Waals surface area contributed by atoms with Crippen molar-refractivity contribution in [3.63, 3.8) is 0 Å². The van der Waals surface area contributed by atoms with Crippen molar-refractivity contribution in [2.75, 3.05) is 39.5 Å². The van der Waals surface area contributed by atoms with E-state index in [1.165, 1.54) is 0 Å². The predicted molar refractivity (Wildman–Crippen MR) is 264 cm³/mol. The zero-order valence-corrected chi connectivity index (χ0v) is 46.5. The average Bonchev–Trinajstić information content (AvgIpc) is 3.91. The van der Waals surface area contributed by atoms with Crippen molar-refractivity contribution < 1.29 is 86.3 Å². The van der Waals surface area contributed by atoms with Crippen molar-refractivity contribution >= 4 is 17.9 Å². The summed E-state index contributed by atoms with van der Waals surface area (Å²) in [6.45, 7) is 20.0. The largest absolute Gasteiger partial charge is 0.464 e. The van der Waals surface area contributed by atoms with Gasteiger partial charge in [0.25, 0.3) is 0 Å². The van der Waals surface area contributed by atoms with E-state index in [0.717, 1.165) is 57.8 Å². The van der Waals surface area contributed by atoms with Gasteiger partial charge in [-0.25, -0.2) is 29.3 Å². The third-order valence-electron chi connectivity index (χ3n) is 22.0. The average molecular weight is 1070 g/mol. The Labute approximate surface area is 448 Å². The normalized spacial score (nSPS) is 51.6. The SMILES string of the molecule is C[C@@H]1CC[C@H]2[C@@H](C)C(CC(=O)OCCN(CCOC(=O)CC3O[C@@H]4OC5(C)CC[C@H]6[C@H](C)CC[C@@H]([C@H]3C)[C@@]46OO5)CCOC(=O)CC3O[C@@H]4OC5(C)CC[C@H]6[C@H](C)CC[C@@H]([C@H]3C)[C@@]46OO5)O[C@@H]3OC4(C)CC[C@@H]1[C@]32OO4. The molecule has 3 spiro atoms. The minimum absolute atomic E-state index is 0.00647. The lowest BCUT2D eigenvalue weighted by molar-refractivity contribution is -0.571. The van der Waals surface area contributed by atoms with Crippen LogP contribution < -0.4 is 0 Å². The van der Waals surface area contributed by atoms with Gasteiger partial charge in [0.15, 0.2) is 35.7 Å². The molecule has 76 heavy (non-hydrogen) atoms. The molecule has 428 valence electrons. The van der Waals surface area contributed by atoms with Gasteiger partial charge in [0, 0.05) is 56.7 Å². The van der Waals surface area contributed by atoms with Gasteiger partial charge in [-0.15, -0.1) is 0 Å². The van der Waals surface area contributed by atoms with Crippen LogP contribution in [-0.4, -0.2) is 134 Å². The van der Waals surface area contributed by atoms with Crippen LogP contribution in [0, 0.1) is 71.0 Å². The van der Waals surface area contributed by atoms with Gasteiger partial charge in [-0.1, -0.05) is 41.5 Å². The summed E-state index contributed by atoms with van der Waals surface area (Å²) in [7, 11) is 0. The Morgan fingerprint density at radius 1 is 0.408 bits per heavy atom. The van der Waals surface area contributed by atoms with Gasteiger partial charge >= 0.3 is 17.9 Å². The van der Waals surface area contributed by atoms with Crippen LogP contribution in [0.1, 0.15) is 159 Å². The van der Waals surface area contributed by atoms with Crippen LogP contribution in [0.15, 0.2) is 0 Å². The number of hydrogen-bond acceptors (Lipinski definition) is 19. The molecule has 0 amide bonds. The summed E-state index contributed by atoms with van der Waals surface area (Å²) >= 11 is 0. The third-order valence-corrected chi connectivity index (χ3v) is 22.0. The molecule has 0 N–H and O–H groups in total. The van der Waals surface area contributed by atoms with Gasteiger partial charge in [0.05, 0.1) is 37.6 Å². The molecule has 24 atom stereocenters. The summed E-state index contributed by atoms with van der Waals surface area (Å²) in [5.41, 5.74) is -2.16.